The van der Waals surface area contributed by atoms with E-state index < -0.39 is 23.8 Å². The Morgan fingerprint density at radius 1 is 1.29 bits per heavy atom. The molecule has 7 heteroatoms. The number of carbonyl (C=O) groups excluding carboxylic acids is 4. The lowest BCUT2D eigenvalue weighted by molar-refractivity contribution is -0.149. The molecule has 4 amide bonds. The van der Waals surface area contributed by atoms with Crippen molar-refractivity contribution in [2.45, 2.75) is 32.2 Å². The lowest BCUT2D eigenvalue weighted by Crippen LogP contribution is -2.54. The summed E-state index contributed by atoms with van der Waals surface area (Å²) in [5.74, 6) is -1.92. The minimum absolute atomic E-state index is 0.122. The maximum absolute atomic E-state index is 12.4. The number of piperidine rings is 1. The lowest BCUT2D eigenvalue weighted by atomic mass is 10.0. The number of alkyl halides is 1. The van der Waals surface area contributed by atoms with Crippen LogP contribution in [0, 0.1) is 0 Å². The van der Waals surface area contributed by atoms with Gasteiger partial charge in [0.15, 0.2) is 0 Å². The molecule has 0 radical (unpaired) electrons. The van der Waals surface area contributed by atoms with Crippen molar-refractivity contribution in [3.63, 3.8) is 0 Å². The van der Waals surface area contributed by atoms with Gasteiger partial charge in [-0.3, -0.25) is 29.4 Å². The van der Waals surface area contributed by atoms with E-state index in [4.69, 9.17) is 0 Å². The number of imide groups is 2. The molecule has 0 aromatic rings. The Balaban J connectivity index is 2.30. The maximum atomic E-state index is 12.4. The molecule has 2 rings (SSSR count). The molecule has 1 N–H and O–H groups in total. The highest BCUT2D eigenvalue weighted by Crippen LogP contribution is 2.28. The largest absolute Gasteiger partial charge is 0.295 e. The summed E-state index contributed by atoms with van der Waals surface area (Å²) < 4.78 is 0. The molecular formula is C14H15BrN2O4. The third-order valence-corrected chi connectivity index (χ3v) is 3.99. The van der Waals surface area contributed by atoms with Crippen molar-refractivity contribution in [1.29, 1.82) is 0 Å². The Morgan fingerprint density at radius 3 is 2.57 bits per heavy atom. The monoisotopic (exact) mass is 354 g/mol. The molecule has 0 spiro atoms. The van der Waals surface area contributed by atoms with Crippen molar-refractivity contribution in [1.82, 2.24) is 10.2 Å². The zero-order chi connectivity index (χ0) is 15.6. The number of nitrogens with zero attached hydrogens (tertiary/aromatic N) is 1. The minimum Gasteiger partial charge on any atom is -0.295 e. The zero-order valence-electron chi connectivity index (χ0n) is 11.5. The minimum atomic E-state index is -0.913. The normalized spacial score (nSPS) is 23.5. The van der Waals surface area contributed by atoms with Gasteiger partial charge in [-0.2, -0.15) is 0 Å². The topological polar surface area (TPSA) is 83.6 Å². The van der Waals surface area contributed by atoms with Gasteiger partial charge in [0.25, 0.3) is 11.8 Å². The third kappa shape index (κ3) is 2.83. The van der Waals surface area contributed by atoms with Gasteiger partial charge in [0.1, 0.15) is 6.04 Å². The van der Waals surface area contributed by atoms with Gasteiger partial charge >= 0.3 is 0 Å². The maximum Gasteiger partial charge on any atom is 0.261 e. The van der Waals surface area contributed by atoms with E-state index in [2.05, 4.69) is 21.2 Å². The van der Waals surface area contributed by atoms with Crippen LogP contribution in [-0.4, -0.2) is 39.9 Å². The smallest absolute Gasteiger partial charge is 0.261 e. The summed E-state index contributed by atoms with van der Waals surface area (Å²) in [5.41, 5.74) is 0.651. The first-order valence-corrected chi connectivity index (χ1v) is 7.80. The van der Waals surface area contributed by atoms with Crippen LogP contribution >= 0.6 is 15.9 Å². The van der Waals surface area contributed by atoms with Gasteiger partial charge in [-0.1, -0.05) is 35.0 Å². The number of hydrogen-bond donors (Lipinski definition) is 1. The summed E-state index contributed by atoms with van der Waals surface area (Å²) >= 11 is 3.21. The van der Waals surface area contributed by atoms with Gasteiger partial charge < -0.3 is 0 Å². The quantitative estimate of drug-likeness (QED) is 0.598. The van der Waals surface area contributed by atoms with E-state index in [9.17, 15) is 19.2 Å². The van der Waals surface area contributed by atoms with Crippen LogP contribution in [0.1, 0.15) is 26.2 Å². The number of hydrogen-bond acceptors (Lipinski definition) is 4. The van der Waals surface area contributed by atoms with Crippen LogP contribution in [0.2, 0.25) is 0 Å². The van der Waals surface area contributed by atoms with E-state index >= 15 is 0 Å². The van der Waals surface area contributed by atoms with Crippen LogP contribution in [0.3, 0.4) is 0 Å². The molecule has 2 aliphatic heterocycles. The Hall–Kier alpha value is -1.76. The highest BCUT2D eigenvalue weighted by molar-refractivity contribution is 9.09. The fourth-order valence-electron chi connectivity index (χ4n) is 2.36. The van der Waals surface area contributed by atoms with E-state index in [-0.39, 0.29) is 24.1 Å². The third-order valence-electron chi connectivity index (χ3n) is 3.43. The molecule has 0 aromatic carbocycles. The van der Waals surface area contributed by atoms with Crippen molar-refractivity contribution in [3.05, 3.63) is 23.3 Å². The zero-order valence-corrected chi connectivity index (χ0v) is 13.1. The van der Waals surface area contributed by atoms with Crippen LogP contribution < -0.4 is 5.32 Å². The highest BCUT2D eigenvalue weighted by atomic mass is 79.9. The lowest BCUT2D eigenvalue weighted by Gasteiger charge is -2.28. The summed E-state index contributed by atoms with van der Waals surface area (Å²) in [4.78, 5) is 48.8. The Morgan fingerprint density at radius 2 is 2.00 bits per heavy atom. The molecule has 1 fully saturated rings. The second-order valence-corrected chi connectivity index (χ2v) is 5.34. The Bertz CT molecular complexity index is 580. The first-order chi connectivity index (χ1) is 10.0. The second-order valence-electron chi connectivity index (χ2n) is 4.78. The summed E-state index contributed by atoms with van der Waals surface area (Å²) in [5, 5.41) is 2.41. The van der Waals surface area contributed by atoms with Crippen LogP contribution in [0.4, 0.5) is 0 Å². The fourth-order valence-corrected chi connectivity index (χ4v) is 2.90. The van der Waals surface area contributed by atoms with Crippen molar-refractivity contribution in [3.8, 4) is 0 Å². The highest BCUT2D eigenvalue weighted by Gasteiger charge is 2.44. The van der Waals surface area contributed by atoms with E-state index in [1.807, 2.05) is 6.92 Å². The Kier molecular flexibility index (Phi) is 4.72. The molecule has 0 saturated carbocycles. The van der Waals surface area contributed by atoms with Crippen molar-refractivity contribution >= 4 is 39.6 Å². The number of nitrogens with one attached hydrogen (secondary N) is 1. The average molecular weight is 355 g/mol. The molecule has 21 heavy (non-hydrogen) atoms. The van der Waals surface area contributed by atoms with Gasteiger partial charge in [-0.25, -0.2) is 0 Å². The second kappa shape index (κ2) is 6.34. The van der Waals surface area contributed by atoms with Crippen LogP contribution in [-0.2, 0) is 19.2 Å². The SMILES string of the molecule is CC/C=C\C1=C(CBr)C(=O)N(C2CCC(=O)NC2=O)C1=O. The van der Waals surface area contributed by atoms with E-state index in [0.29, 0.717) is 11.1 Å². The molecule has 0 aromatic heterocycles. The summed E-state index contributed by atoms with van der Waals surface area (Å²) in [7, 11) is 0. The Labute approximate surface area is 130 Å². The number of halogens is 1. The van der Waals surface area contributed by atoms with Gasteiger partial charge in [0.2, 0.25) is 11.8 Å². The molecule has 1 saturated heterocycles. The van der Waals surface area contributed by atoms with Crippen LogP contribution in [0.5, 0.6) is 0 Å². The molecule has 0 aliphatic carbocycles. The average Bonchev–Trinajstić information content (AvgIpc) is 2.68. The van der Waals surface area contributed by atoms with E-state index in [1.54, 1.807) is 12.2 Å². The molecule has 2 heterocycles. The summed E-state index contributed by atoms with van der Waals surface area (Å²) in [6.45, 7) is 1.92. The van der Waals surface area contributed by atoms with Gasteiger partial charge in [0, 0.05) is 22.9 Å². The molecular weight excluding hydrogens is 340 g/mol. The van der Waals surface area contributed by atoms with Crippen LogP contribution in [0.15, 0.2) is 23.3 Å². The predicted molar refractivity (Wildman–Crippen MR) is 78.3 cm³/mol. The number of amides is 4. The number of rotatable bonds is 4. The molecule has 2 aliphatic rings. The standard InChI is InChI=1S/C14H15BrN2O4/c1-2-3-4-8-9(7-15)14(21)17(13(8)20)10-5-6-11(18)16-12(10)19/h3-4,10H,2,5-7H2,1H3,(H,16,18,19)/b4-3-. The van der Waals surface area contributed by atoms with Gasteiger partial charge in [-0.15, -0.1) is 0 Å². The number of carbonyl (C=O) groups is 4. The van der Waals surface area contributed by atoms with Gasteiger partial charge in [0.05, 0.1) is 0 Å². The van der Waals surface area contributed by atoms with Crippen molar-refractivity contribution in [2.24, 2.45) is 0 Å². The molecule has 1 unspecified atom stereocenters. The first-order valence-electron chi connectivity index (χ1n) is 6.68. The molecule has 0 bridgehead atoms. The first kappa shape index (κ1) is 15.6. The molecule has 6 nitrogen and oxygen atoms in total. The van der Waals surface area contributed by atoms with Crippen molar-refractivity contribution in [2.75, 3.05) is 5.33 Å². The predicted octanol–water partition coefficient (Wildman–Crippen LogP) is 0.818. The van der Waals surface area contributed by atoms with E-state index in [0.717, 1.165) is 11.3 Å². The van der Waals surface area contributed by atoms with Crippen molar-refractivity contribution < 1.29 is 19.2 Å². The summed E-state index contributed by atoms with van der Waals surface area (Å²) in [6.07, 6.45) is 4.43. The molecule has 1 atom stereocenters. The van der Waals surface area contributed by atoms with E-state index in [1.165, 1.54) is 0 Å². The number of allylic oxidation sites excluding steroid dienone is 1. The van der Waals surface area contributed by atoms with Gasteiger partial charge in [-0.05, 0) is 12.8 Å². The molecule has 112 valence electrons. The summed E-state index contributed by atoms with van der Waals surface area (Å²) in [6, 6.07) is -0.913. The fraction of sp³-hybridized carbons (Fsp3) is 0.429. The van der Waals surface area contributed by atoms with Crippen LogP contribution in [0.25, 0.3) is 0 Å².